The first-order valence-electron chi connectivity index (χ1n) is 8.64. The molecule has 0 unspecified atom stereocenters. The van der Waals surface area contributed by atoms with Crippen LogP contribution in [0, 0.1) is 0 Å². The van der Waals surface area contributed by atoms with E-state index >= 15 is 0 Å². The molecular weight excluding hydrogens is 374 g/mol. The van der Waals surface area contributed by atoms with Crippen LogP contribution in [0.1, 0.15) is 10.4 Å². The van der Waals surface area contributed by atoms with Crippen LogP contribution in [-0.2, 0) is 0 Å². The highest BCUT2D eigenvalue weighted by molar-refractivity contribution is 6.09. The number of aromatic nitrogens is 2. The topological polar surface area (TPSA) is 114 Å². The van der Waals surface area contributed by atoms with Crippen molar-refractivity contribution in [1.82, 2.24) is 9.97 Å². The lowest BCUT2D eigenvalue weighted by Gasteiger charge is -2.12. The van der Waals surface area contributed by atoms with E-state index in [0.717, 1.165) is 6.33 Å². The Labute approximate surface area is 163 Å². The summed E-state index contributed by atoms with van der Waals surface area (Å²) in [5.74, 6) is 0.0928. The third-order valence-electron chi connectivity index (χ3n) is 4.37. The molecule has 144 valence electrons. The SMILES string of the molecule is COc1ccc(-c2c(NC(=O)c3ccccc3)c(=O)oc3nc[nH]c(=O)c23)cc1. The molecule has 2 aromatic carbocycles. The number of fused-ring (bicyclic) bond motifs is 1. The van der Waals surface area contributed by atoms with Crippen LogP contribution in [0.25, 0.3) is 22.2 Å². The summed E-state index contributed by atoms with van der Waals surface area (Å²) in [5.41, 5.74) is -0.487. The van der Waals surface area contributed by atoms with Gasteiger partial charge in [0.2, 0.25) is 5.71 Å². The highest BCUT2D eigenvalue weighted by Gasteiger charge is 2.21. The molecule has 0 atom stereocenters. The maximum absolute atomic E-state index is 12.7. The number of nitrogens with one attached hydrogen (secondary N) is 2. The van der Waals surface area contributed by atoms with Gasteiger partial charge in [-0.2, -0.15) is 0 Å². The number of amides is 1. The van der Waals surface area contributed by atoms with Gasteiger partial charge in [0, 0.05) is 11.1 Å². The van der Waals surface area contributed by atoms with Gasteiger partial charge in [-0.25, -0.2) is 9.78 Å². The van der Waals surface area contributed by atoms with E-state index in [1.54, 1.807) is 54.6 Å². The van der Waals surface area contributed by atoms with Crippen molar-refractivity contribution < 1.29 is 13.9 Å². The summed E-state index contributed by atoms with van der Waals surface area (Å²) in [4.78, 5) is 44.3. The number of hydrogen-bond donors (Lipinski definition) is 2. The molecule has 0 aliphatic carbocycles. The Hall–Kier alpha value is -4.20. The van der Waals surface area contributed by atoms with Crippen LogP contribution >= 0.6 is 0 Å². The van der Waals surface area contributed by atoms with E-state index < -0.39 is 17.1 Å². The summed E-state index contributed by atoms with van der Waals surface area (Å²) in [6.45, 7) is 0. The number of benzene rings is 2. The van der Waals surface area contributed by atoms with E-state index in [2.05, 4.69) is 15.3 Å². The zero-order valence-electron chi connectivity index (χ0n) is 15.3. The van der Waals surface area contributed by atoms with Crippen LogP contribution in [0.15, 0.2) is 74.9 Å². The molecule has 2 N–H and O–H groups in total. The second-order valence-electron chi connectivity index (χ2n) is 6.10. The smallest absolute Gasteiger partial charge is 0.362 e. The van der Waals surface area contributed by atoms with Crippen molar-refractivity contribution in [2.75, 3.05) is 12.4 Å². The summed E-state index contributed by atoms with van der Waals surface area (Å²) in [5, 5.41) is 2.64. The average molecular weight is 389 g/mol. The predicted molar refractivity (Wildman–Crippen MR) is 107 cm³/mol. The number of ether oxygens (including phenoxy) is 1. The molecule has 29 heavy (non-hydrogen) atoms. The molecule has 0 spiro atoms. The third kappa shape index (κ3) is 3.39. The lowest BCUT2D eigenvalue weighted by atomic mass is 10.0. The number of carbonyl (C=O) groups excluding carboxylic acids is 1. The minimum Gasteiger partial charge on any atom is -0.497 e. The Balaban J connectivity index is 1.96. The third-order valence-corrected chi connectivity index (χ3v) is 4.37. The summed E-state index contributed by atoms with van der Waals surface area (Å²) in [7, 11) is 1.53. The van der Waals surface area contributed by atoms with E-state index in [-0.39, 0.29) is 22.4 Å². The molecule has 0 saturated heterocycles. The monoisotopic (exact) mass is 389 g/mol. The standard InChI is InChI=1S/C21H15N3O5/c1-28-14-9-7-12(8-10-14)15-16-19(26)22-11-23-20(16)29-21(27)17(15)24-18(25)13-5-3-2-4-6-13/h2-11H,1H3,(H,24,25)(H,22,23,26). The first-order chi connectivity index (χ1) is 14.1. The van der Waals surface area contributed by atoms with E-state index in [1.165, 1.54) is 7.11 Å². The first kappa shape index (κ1) is 18.2. The fourth-order valence-electron chi connectivity index (χ4n) is 2.98. The summed E-state index contributed by atoms with van der Waals surface area (Å²) in [6, 6.07) is 15.1. The molecule has 0 radical (unpaired) electrons. The van der Waals surface area contributed by atoms with Crippen LogP contribution in [0.5, 0.6) is 5.75 Å². The Morgan fingerprint density at radius 1 is 1.07 bits per heavy atom. The van der Waals surface area contributed by atoms with Crippen molar-refractivity contribution in [2.24, 2.45) is 0 Å². The molecule has 4 aromatic rings. The normalized spacial score (nSPS) is 10.7. The van der Waals surface area contributed by atoms with Crippen molar-refractivity contribution in [3.8, 4) is 16.9 Å². The molecule has 2 aromatic heterocycles. The molecule has 0 saturated carbocycles. The Morgan fingerprint density at radius 3 is 2.48 bits per heavy atom. The molecule has 8 heteroatoms. The van der Waals surface area contributed by atoms with Crippen LogP contribution in [0.3, 0.4) is 0 Å². The Bertz CT molecular complexity index is 1310. The molecule has 4 rings (SSSR count). The van der Waals surface area contributed by atoms with Gasteiger partial charge in [0.1, 0.15) is 16.8 Å². The van der Waals surface area contributed by atoms with Crippen LogP contribution in [0.4, 0.5) is 5.69 Å². The summed E-state index contributed by atoms with van der Waals surface area (Å²) < 4.78 is 10.4. The van der Waals surface area contributed by atoms with Gasteiger partial charge in [0.05, 0.1) is 13.4 Å². The van der Waals surface area contributed by atoms with Gasteiger partial charge in [-0.3, -0.25) is 9.59 Å². The van der Waals surface area contributed by atoms with E-state index in [4.69, 9.17) is 9.15 Å². The molecule has 0 fully saturated rings. The van der Waals surface area contributed by atoms with Crippen molar-refractivity contribution in [3.05, 3.63) is 87.3 Å². The van der Waals surface area contributed by atoms with E-state index in [0.29, 0.717) is 16.9 Å². The number of anilines is 1. The molecule has 8 nitrogen and oxygen atoms in total. The highest BCUT2D eigenvalue weighted by atomic mass is 16.5. The number of rotatable bonds is 4. The number of carbonyl (C=O) groups is 1. The lowest BCUT2D eigenvalue weighted by Crippen LogP contribution is -2.21. The quantitative estimate of drug-likeness (QED) is 0.555. The lowest BCUT2D eigenvalue weighted by molar-refractivity contribution is 0.102. The first-order valence-corrected chi connectivity index (χ1v) is 8.64. The number of hydrogen-bond acceptors (Lipinski definition) is 6. The zero-order valence-corrected chi connectivity index (χ0v) is 15.3. The molecule has 1 amide bonds. The minimum atomic E-state index is -0.814. The van der Waals surface area contributed by atoms with Gasteiger partial charge in [0.25, 0.3) is 11.5 Å². The number of aromatic amines is 1. The fourth-order valence-corrected chi connectivity index (χ4v) is 2.98. The minimum absolute atomic E-state index is 0.0561. The fraction of sp³-hybridized carbons (Fsp3) is 0.0476. The maximum Gasteiger partial charge on any atom is 0.362 e. The molecular formula is C21H15N3O5. The van der Waals surface area contributed by atoms with Crippen molar-refractivity contribution in [1.29, 1.82) is 0 Å². The molecule has 0 aliphatic rings. The average Bonchev–Trinajstić information content (AvgIpc) is 2.75. The van der Waals surface area contributed by atoms with Crippen molar-refractivity contribution in [2.45, 2.75) is 0 Å². The number of methoxy groups -OCH3 is 1. The summed E-state index contributed by atoms with van der Waals surface area (Å²) >= 11 is 0. The van der Waals surface area contributed by atoms with Crippen molar-refractivity contribution >= 4 is 22.7 Å². The van der Waals surface area contributed by atoms with Gasteiger partial charge in [0.15, 0.2) is 0 Å². The Morgan fingerprint density at radius 2 is 1.79 bits per heavy atom. The largest absolute Gasteiger partial charge is 0.497 e. The zero-order chi connectivity index (χ0) is 20.4. The van der Waals surface area contributed by atoms with E-state index in [1.807, 2.05) is 0 Å². The predicted octanol–water partition coefficient (Wildman–Crippen LogP) is 2.80. The molecule has 0 bridgehead atoms. The van der Waals surface area contributed by atoms with Crippen LogP contribution in [0.2, 0.25) is 0 Å². The van der Waals surface area contributed by atoms with Gasteiger partial charge in [-0.15, -0.1) is 0 Å². The van der Waals surface area contributed by atoms with Crippen molar-refractivity contribution in [3.63, 3.8) is 0 Å². The van der Waals surface area contributed by atoms with Gasteiger partial charge >= 0.3 is 5.63 Å². The highest BCUT2D eigenvalue weighted by Crippen LogP contribution is 2.32. The second-order valence-corrected chi connectivity index (χ2v) is 6.10. The Kier molecular flexibility index (Phi) is 4.66. The summed E-state index contributed by atoms with van der Waals surface area (Å²) in [6.07, 6.45) is 1.15. The second kappa shape index (κ2) is 7.43. The molecule has 0 aliphatic heterocycles. The van der Waals surface area contributed by atoms with Gasteiger partial charge < -0.3 is 19.5 Å². The van der Waals surface area contributed by atoms with E-state index in [9.17, 15) is 14.4 Å². The van der Waals surface area contributed by atoms with Crippen LogP contribution < -0.4 is 21.2 Å². The van der Waals surface area contributed by atoms with Gasteiger partial charge in [-0.1, -0.05) is 30.3 Å². The van der Waals surface area contributed by atoms with Crippen LogP contribution in [-0.4, -0.2) is 23.0 Å². The number of nitrogens with zero attached hydrogens (tertiary/aromatic N) is 1. The van der Waals surface area contributed by atoms with Gasteiger partial charge in [-0.05, 0) is 29.8 Å². The molecule has 2 heterocycles. The number of H-pyrrole nitrogens is 1. The maximum atomic E-state index is 12.7.